The lowest BCUT2D eigenvalue weighted by molar-refractivity contribution is 0.0948. The fourth-order valence-electron chi connectivity index (χ4n) is 2.81. The number of hydrogen-bond donors (Lipinski definition) is 2. The molecule has 2 N–H and O–H groups in total. The average Bonchev–Trinajstić information content (AvgIpc) is 3.25. The van der Waals surface area contributed by atoms with E-state index in [9.17, 15) is 9.59 Å². The van der Waals surface area contributed by atoms with Gasteiger partial charge in [-0.05, 0) is 19.1 Å². The van der Waals surface area contributed by atoms with Crippen LogP contribution >= 0.6 is 0 Å². The van der Waals surface area contributed by atoms with E-state index in [0.717, 1.165) is 11.3 Å². The van der Waals surface area contributed by atoms with Crippen LogP contribution < -0.4 is 10.9 Å². The number of fused-ring (bicyclic) bond motifs is 1. The molecule has 1 amide bonds. The molecule has 0 spiro atoms. The molecule has 3 aromatic heterocycles. The van der Waals surface area contributed by atoms with Gasteiger partial charge in [0, 0.05) is 5.56 Å². The SMILES string of the molecule is Cc1oc2nc[nH]c(=O)c2c1C(=O)NCc1ccc(-c2ccccc2)o1. The number of aryl methyl sites for hydroxylation is 1. The second kappa shape index (κ2) is 6.36. The fraction of sp³-hybridized carbons (Fsp3) is 0.105. The highest BCUT2D eigenvalue weighted by atomic mass is 16.3. The van der Waals surface area contributed by atoms with E-state index in [1.807, 2.05) is 36.4 Å². The van der Waals surface area contributed by atoms with Gasteiger partial charge in [-0.2, -0.15) is 0 Å². The third kappa shape index (κ3) is 2.79. The molecule has 0 radical (unpaired) electrons. The summed E-state index contributed by atoms with van der Waals surface area (Å²) in [6.07, 6.45) is 1.24. The standard InChI is InChI=1S/C19H15N3O4/c1-11-15(16-18(24)21-10-22-19(16)25-11)17(23)20-9-13-7-8-14(26-13)12-5-3-2-4-6-12/h2-8,10H,9H2,1H3,(H,20,23)(H,21,22,24). The summed E-state index contributed by atoms with van der Waals surface area (Å²) in [5.74, 6) is 1.25. The number of nitrogens with one attached hydrogen (secondary N) is 2. The van der Waals surface area contributed by atoms with Crippen LogP contribution in [0, 0.1) is 6.92 Å². The average molecular weight is 349 g/mol. The van der Waals surface area contributed by atoms with Crippen LogP contribution in [0.3, 0.4) is 0 Å². The van der Waals surface area contributed by atoms with Gasteiger partial charge in [0.25, 0.3) is 11.5 Å². The summed E-state index contributed by atoms with van der Waals surface area (Å²) in [6.45, 7) is 1.81. The van der Waals surface area contributed by atoms with Crippen molar-refractivity contribution in [3.8, 4) is 11.3 Å². The molecule has 1 aromatic carbocycles. The van der Waals surface area contributed by atoms with Crippen molar-refractivity contribution in [3.05, 3.63) is 76.2 Å². The van der Waals surface area contributed by atoms with Crippen LogP contribution in [-0.2, 0) is 6.54 Å². The third-order valence-electron chi connectivity index (χ3n) is 4.04. The Morgan fingerprint density at radius 1 is 1.15 bits per heavy atom. The van der Waals surface area contributed by atoms with E-state index in [4.69, 9.17) is 8.83 Å². The minimum absolute atomic E-state index is 0.140. The quantitative estimate of drug-likeness (QED) is 0.590. The Balaban J connectivity index is 1.54. The summed E-state index contributed by atoms with van der Waals surface area (Å²) >= 11 is 0. The van der Waals surface area contributed by atoms with Gasteiger partial charge >= 0.3 is 0 Å². The maximum absolute atomic E-state index is 12.5. The lowest BCUT2D eigenvalue weighted by atomic mass is 10.2. The molecule has 0 saturated heterocycles. The molecular formula is C19H15N3O4. The maximum Gasteiger partial charge on any atom is 0.262 e. The predicted octanol–water partition coefficient (Wildman–Crippen LogP) is 3.01. The van der Waals surface area contributed by atoms with Crippen LogP contribution in [-0.4, -0.2) is 15.9 Å². The van der Waals surface area contributed by atoms with Crippen molar-refractivity contribution in [3.63, 3.8) is 0 Å². The molecule has 0 fully saturated rings. The largest absolute Gasteiger partial charge is 0.459 e. The molecule has 26 heavy (non-hydrogen) atoms. The first-order chi connectivity index (χ1) is 12.6. The van der Waals surface area contributed by atoms with Crippen molar-refractivity contribution < 1.29 is 13.6 Å². The van der Waals surface area contributed by atoms with Gasteiger partial charge in [0.05, 0.1) is 18.4 Å². The monoisotopic (exact) mass is 349 g/mol. The zero-order valence-corrected chi connectivity index (χ0v) is 13.9. The first kappa shape index (κ1) is 15.9. The van der Waals surface area contributed by atoms with E-state index in [1.54, 1.807) is 13.0 Å². The number of carbonyl (C=O) groups is 1. The number of aromatic amines is 1. The molecule has 7 nitrogen and oxygen atoms in total. The minimum Gasteiger partial charge on any atom is -0.459 e. The Bertz CT molecular complexity index is 1140. The van der Waals surface area contributed by atoms with Crippen LogP contribution in [0.15, 0.2) is 62.4 Å². The van der Waals surface area contributed by atoms with Crippen LogP contribution in [0.4, 0.5) is 0 Å². The van der Waals surface area contributed by atoms with Gasteiger partial charge in [-0.15, -0.1) is 0 Å². The van der Waals surface area contributed by atoms with Crippen LogP contribution in [0.25, 0.3) is 22.4 Å². The van der Waals surface area contributed by atoms with Crippen molar-refractivity contribution in [1.82, 2.24) is 15.3 Å². The van der Waals surface area contributed by atoms with E-state index in [0.29, 0.717) is 11.5 Å². The van der Waals surface area contributed by atoms with Crippen molar-refractivity contribution in [1.29, 1.82) is 0 Å². The molecule has 0 aliphatic rings. The zero-order valence-electron chi connectivity index (χ0n) is 13.9. The van der Waals surface area contributed by atoms with E-state index in [2.05, 4.69) is 15.3 Å². The molecule has 4 aromatic rings. The molecule has 0 unspecified atom stereocenters. The Morgan fingerprint density at radius 3 is 2.77 bits per heavy atom. The molecule has 0 aliphatic carbocycles. The molecule has 130 valence electrons. The first-order valence-corrected chi connectivity index (χ1v) is 8.02. The van der Waals surface area contributed by atoms with Crippen molar-refractivity contribution >= 4 is 17.0 Å². The Kier molecular flexibility index (Phi) is 3.89. The van der Waals surface area contributed by atoms with Crippen LogP contribution in [0.5, 0.6) is 0 Å². The van der Waals surface area contributed by atoms with Gasteiger partial charge in [-0.3, -0.25) is 9.59 Å². The lowest BCUT2D eigenvalue weighted by Crippen LogP contribution is -2.24. The molecule has 0 saturated carbocycles. The molecule has 7 heteroatoms. The highest BCUT2D eigenvalue weighted by Gasteiger charge is 2.21. The molecule has 3 heterocycles. The number of carbonyl (C=O) groups excluding carboxylic acids is 1. The maximum atomic E-state index is 12.5. The van der Waals surface area contributed by atoms with E-state index < -0.39 is 11.5 Å². The van der Waals surface area contributed by atoms with E-state index in [-0.39, 0.29) is 23.2 Å². The van der Waals surface area contributed by atoms with Gasteiger partial charge in [0.1, 0.15) is 22.7 Å². The topological polar surface area (TPSA) is 101 Å². The number of H-pyrrole nitrogens is 1. The molecule has 0 aliphatic heterocycles. The van der Waals surface area contributed by atoms with E-state index in [1.165, 1.54) is 6.33 Å². The Labute approximate surface area is 147 Å². The second-order valence-corrected chi connectivity index (χ2v) is 5.76. The van der Waals surface area contributed by atoms with Crippen molar-refractivity contribution in [2.45, 2.75) is 13.5 Å². The van der Waals surface area contributed by atoms with Gasteiger partial charge in [-0.25, -0.2) is 4.98 Å². The lowest BCUT2D eigenvalue weighted by Gasteiger charge is -2.02. The van der Waals surface area contributed by atoms with Gasteiger partial charge in [0.2, 0.25) is 5.71 Å². The fourth-order valence-corrected chi connectivity index (χ4v) is 2.81. The number of aromatic nitrogens is 2. The zero-order chi connectivity index (χ0) is 18.1. The number of furan rings is 2. The Hall–Kier alpha value is -3.61. The number of rotatable bonds is 4. The van der Waals surface area contributed by atoms with Crippen molar-refractivity contribution in [2.24, 2.45) is 0 Å². The highest BCUT2D eigenvalue weighted by Crippen LogP contribution is 2.23. The molecule has 0 atom stereocenters. The number of amides is 1. The minimum atomic E-state index is -0.419. The number of nitrogens with zero attached hydrogens (tertiary/aromatic N) is 1. The third-order valence-corrected chi connectivity index (χ3v) is 4.04. The summed E-state index contributed by atoms with van der Waals surface area (Å²) in [4.78, 5) is 30.9. The summed E-state index contributed by atoms with van der Waals surface area (Å²) in [5.41, 5.74) is 0.866. The smallest absolute Gasteiger partial charge is 0.262 e. The summed E-state index contributed by atoms with van der Waals surface area (Å²) in [7, 11) is 0. The summed E-state index contributed by atoms with van der Waals surface area (Å²) < 4.78 is 11.2. The second-order valence-electron chi connectivity index (χ2n) is 5.76. The first-order valence-electron chi connectivity index (χ1n) is 8.02. The molecule has 4 rings (SSSR count). The highest BCUT2D eigenvalue weighted by molar-refractivity contribution is 6.06. The van der Waals surface area contributed by atoms with Gasteiger partial charge < -0.3 is 19.1 Å². The van der Waals surface area contributed by atoms with Crippen LogP contribution in [0.1, 0.15) is 21.9 Å². The van der Waals surface area contributed by atoms with Crippen molar-refractivity contribution in [2.75, 3.05) is 0 Å². The van der Waals surface area contributed by atoms with Gasteiger partial charge in [0.15, 0.2) is 0 Å². The van der Waals surface area contributed by atoms with E-state index >= 15 is 0 Å². The molecular weight excluding hydrogens is 334 g/mol. The normalized spacial score (nSPS) is 11.0. The number of hydrogen-bond acceptors (Lipinski definition) is 5. The summed E-state index contributed by atoms with van der Waals surface area (Å²) in [5, 5.41) is 2.90. The molecule has 0 bridgehead atoms. The Morgan fingerprint density at radius 2 is 1.96 bits per heavy atom. The van der Waals surface area contributed by atoms with Crippen LogP contribution in [0.2, 0.25) is 0 Å². The summed E-state index contributed by atoms with van der Waals surface area (Å²) in [6, 6.07) is 13.3. The van der Waals surface area contributed by atoms with Gasteiger partial charge in [-0.1, -0.05) is 30.3 Å². The number of benzene rings is 1. The predicted molar refractivity (Wildman–Crippen MR) is 94.7 cm³/mol.